The van der Waals surface area contributed by atoms with Gasteiger partial charge in [0.2, 0.25) is 0 Å². The Kier molecular flexibility index (Phi) is 5.32. The van der Waals surface area contributed by atoms with Gasteiger partial charge in [0.05, 0.1) is 5.52 Å². The van der Waals surface area contributed by atoms with E-state index in [2.05, 4.69) is 61.5 Å². The third kappa shape index (κ3) is 3.20. The van der Waals surface area contributed by atoms with Crippen molar-refractivity contribution in [2.45, 2.75) is 40.8 Å². The Morgan fingerprint density at radius 1 is 1.13 bits per heavy atom. The standard InChI is InChI=1S/C19H22N2O.ClH/c1-5-21-15(4)14(3)18-19(21)17(9-10-20-18)22-12-16-8-6-7-13(2)11-16;/h6-11H,5,12H2,1-4H3;1H. The van der Waals surface area contributed by atoms with Crippen LogP contribution >= 0.6 is 12.4 Å². The molecular weight excluding hydrogens is 308 g/mol. The molecule has 122 valence electrons. The second-order valence-electron chi connectivity index (χ2n) is 5.74. The number of rotatable bonds is 4. The van der Waals surface area contributed by atoms with Crippen molar-refractivity contribution < 1.29 is 4.74 Å². The fraction of sp³-hybridized carbons (Fsp3) is 0.316. The average molecular weight is 331 g/mol. The van der Waals surface area contributed by atoms with Crippen molar-refractivity contribution in [3.05, 3.63) is 58.9 Å². The maximum Gasteiger partial charge on any atom is 0.147 e. The van der Waals surface area contributed by atoms with Crippen LogP contribution in [0.15, 0.2) is 36.5 Å². The van der Waals surface area contributed by atoms with E-state index in [0.29, 0.717) is 6.61 Å². The van der Waals surface area contributed by atoms with E-state index in [4.69, 9.17) is 4.74 Å². The first kappa shape index (κ1) is 17.4. The number of halogens is 1. The highest BCUT2D eigenvalue weighted by atomic mass is 35.5. The Labute approximate surface area is 143 Å². The summed E-state index contributed by atoms with van der Waals surface area (Å²) in [5, 5.41) is 0. The van der Waals surface area contributed by atoms with Gasteiger partial charge in [-0.1, -0.05) is 29.8 Å². The molecule has 0 N–H and O–H groups in total. The summed E-state index contributed by atoms with van der Waals surface area (Å²) >= 11 is 0. The van der Waals surface area contributed by atoms with E-state index in [0.717, 1.165) is 23.3 Å². The maximum absolute atomic E-state index is 6.11. The Hall–Kier alpha value is -2.00. The maximum atomic E-state index is 6.11. The first-order valence-electron chi connectivity index (χ1n) is 7.74. The number of ether oxygens (including phenoxy) is 1. The molecule has 0 unspecified atom stereocenters. The third-order valence-electron chi connectivity index (χ3n) is 4.25. The normalized spacial score (nSPS) is 10.6. The SMILES string of the molecule is CCn1c(C)c(C)c2nccc(OCc3cccc(C)c3)c21.Cl. The van der Waals surface area contributed by atoms with Gasteiger partial charge in [-0.15, -0.1) is 12.4 Å². The number of benzene rings is 1. The van der Waals surface area contributed by atoms with E-state index in [1.807, 2.05) is 12.3 Å². The van der Waals surface area contributed by atoms with Gasteiger partial charge in [-0.2, -0.15) is 0 Å². The molecule has 3 nitrogen and oxygen atoms in total. The minimum atomic E-state index is 0. The predicted octanol–water partition coefficient (Wildman–Crippen LogP) is 4.98. The molecule has 0 saturated carbocycles. The lowest BCUT2D eigenvalue weighted by Gasteiger charge is -2.11. The van der Waals surface area contributed by atoms with Gasteiger partial charge >= 0.3 is 0 Å². The van der Waals surface area contributed by atoms with Crippen LogP contribution in [0, 0.1) is 20.8 Å². The molecule has 1 aromatic carbocycles. The zero-order valence-corrected chi connectivity index (χ0v) is 14.9. The first-order valence-corrected chi connectivity index (χ1v) is 7.74. The van der Waals surface area contributed by atoms with Crippen LogP contribution < -0.4 is 4.74 Å². The summed E-state index contributed by atoms with van der Waals surface area (Å²) in [7, 11) is 0. The second-order valence-corrected chi connectivity index (χ2v) is 5.74. The molecule has 0 bridgehead atoms. The summed E-state index contributed by atoms with van der Waals surface area (Å²) in [6.45, 7) is 10.0. The van der Waals surface area contributed by atoms with E-state index in [9.17, 15) is 0 Å². The number of hydrogen-bond acceptors (Lipinski definition) is 2. The first-order chi connectivity index (χ1) is 10.6. The number of hydrogen-bond donors (Lipinski definition) is 0. The van der Waals surface area contributed by atoms with Crippen LogP contribution in [-0.4, -0.2) is 9.55 Å². The van der Waals surface area contributed by atoms with Crippen molar-refractivity contribution in [1.82, 2.24) is 9.55 Å². The molecule has 23 heavy (non-hydrogen) atoms. The van der Waals surface area contributed by atoms with Gasteiger partial charge < -0.3 is 9.30 Å². The van der Waals surface area contributed by atoms with Gasteiger partial charge in [0.1, 0.15) is 17.9 Å². The van der Waals surface area contributed by atoms with E-state index in [1.165, 1.54) is 22.4 Å². The van der Waals surface area contributed by atoms with Crippen molar-refractivity contribution >= 4 is 23.4 Å². The molecule has 0 spiro atoms. The van der Waals surface area contributed by atoms with Crippen molar-refractivity contribution in [3.8, 4) is 5.75 Å². The highest BCUT2D eigenvalue weighted by Gasteiger charge is 2.15. The molecule has 2 aromatic heterocycles. The molecular formula is C19H23ClN2O. The Balaban J connectivity index is 0.00000192. The van der Waals surface area contributed by atoms with Crippen LogP contribution in [0.4, 0.5) is 0 Å². The van der Waals surface area contributed by atoms with Gasteiger partial charge in [-0.05, 0) is 38.8 Å². The van der Waals surface area contributed by atoms with Crippen LogP contribution in [0.5, 0.6) is 5.75 Å². The molecule has 0 atom stereocenters. The van der Waals surface area contributed by atoms with Crippen LogP contribution in [0.3, 0.4) is 0 Å². The largest absolute Gasteiger partial charge is 0.487 e. The van der Waals surface area contributed by atoms with Gasteiger partial charge in [0.25, 0.3) is 0 Å². The minimum Gasteiger partial charge on any atom is -0.487 e. The lowest BCUT2D eigenvalue weighted by Crippen LogP contribution is -2.01. The zero-order valence-electron chi connectivity index (χ0n) is 14.1. The van der Waals surface area contributed by atoms with Crippen molar-refractivity contribution in [2.24, 2.45) is 0 Å². The van der Waals surface area contributed by atoms with Crippen LogP contribution in [0.1, 0.15) is 29.3 Å². The third-order valence-corrected chi connectivity index (χ3v) is 4.25. The molecule has 0 aliphatic heterocycles. The van der Waals surface area contributed by atoms with E-state index < -0.39 is 0 Å². The molecule has 0 aliphatic carbocycles. The summed E-state index contributed by atoms with van der Waals surface area (Å²) in [5.74, 6) is 0.907. The van der Waals surface area contributed by atoms with Crippen molar-refractivity contribution in [3.63, 3.8) is 0 Å². The molecule has 0 aliphatic rings. The molecule has 3 rings (SSSR count). The smallest absolute Gasteiger partial charge is 0.147 e. The summed E-state index contributed by atoms with van der Waals surface area (Å²) in [4.78, 5) is 4.54. The van der Waals surface area contributed by atoms with E-state index in [-0.39, 0.29) is 12.4 Å². The van der Waals surface area contributed by atoms with Crippen molar-refractivity contribution in [1.29, 1.82) is 0 Å². The quantitative estimate of drug-likeness (QED) is 0.674. The molecule has 4 heteroatoms. The highest BCUT2D eigenvalue weighted by Crippen LogP contribution is 2.31. The molecule has 0 saturated heterocycles. The number of nitrogens with zero attached hydrogens (tertiary/aromatic N) is 2. The van der Waals surface area contributed by atoms with Gasteiger partial charge in [0.15, 0.2) is 0 Å². The summed E-state index contributed by atoms with van der Waals surface area (Å²) in [5.41, 5.74) is 7.08. The number of fused-ring (bicyclic) bond motifs is 1. The minimum absolute atomic E-state index is 0. The highest BCUT2D eigenvalue weighted by molar-refractivity contribution is 5.86. The number of pyridine rings is 1. The van der Waals surface area contributed by atoms with Crippen molar-refractivity contribution in [2.75, 3.05) is 0 Å². The molecule has 0 radical (unpaired) electrons. The fourth-order valence-corrected chi connectivity index (χ4v) is 2.99. The molecule has 2 heterocycles. The number of aryl methyl sites for hydroxylation is 3. The Morgan fingerprint density at radius 3 is 2.61 bits per heavy atom. The number of aromatic nitrogens is 2. The lowest BCUT2D eigenvalue weighted by atomic mass is 10.1. The van der Waals surface area contributed by atoms with Gasteiger partial charge in [-0.3, -0.25) is 4.98 Å². The van der Waals surface area contributed by atoms with Crippen LogP contribution in [-0.2, 0) is 13.2 Å². The Morgan fingerprint density at radius 2 is 1.91 bits per heavy atom. The zero-order chi connectivity index (χ0) is 15.7. The average Bonchev–Trinajstić information content (AvgIpc) is 2.77. The van der Waals surface area contributed by atoms with E-state index in [1.54, 1.807) is 0 Å². The summed E-state index contributed by atoms with van der Waals surface area (Å²) < 4.78 is 8.39. The molecule has 0 amide bonds. The van der Waals surface area contributed by atoms with Crippen LogP contribution in [0.2, 0.25) is 0 Å². The summed E-state index contributed by atoms with van der Waals surface area (Å²) in [6, 6.07) is 10.4. The fourth-order valence-electron chi connectivity index (χ4n) is 2.99. The topological polar surface area (TPSA) is 27.1 Å². The van der Waals surface area contributed by atoms with Gasteiger partial charge in [-0.25, -0.2) is 0 Å². The molecule has 3 aromatic rings. The van der Waals surface area contributed by atoms with Crippen LogP contribution in [0.25, 0.3) is 11.0 Å². The molecule has 0 fully saturated rings. The predicted molar refractivity (Wildman–Crippen MR) is 97.6 cm³/mol. The lowest BCUT2D eigenvalue weighted by molar-refractivity contribution is 0.308. The monoisotopic (exact) mass is 330 g/mol. The van der Waals surface area contributed by atoms with E-state index >= 15 is 0 Å². The second kappa shape index (κ2) is 7.05. The van der Waals surface area contributed by atoms with Gasteiger partial charge in [0, 0.05) is 24.5 Å². The Bertz CT molecular complexity index is 824. The summed E-state index contributed by atoms with van der Waals surface area (Å²) in [6.07, 6.45) is 1.83.